The van der Waals surface area contributed by atoms with Crippen molar-refractivity contribution in [2.24, 2.45) is 0 Å². The van der Waals surface area contributed by atoms with Crippen LogP contribution in [0.4, 0.5) is 4.79 Å². The maximum atomic E-state index is 9.87. The van der Waals surface area contributed by atoms with E-state index in [0.717, 1.165) is 5.75 Å². The Bertz CT molecular complexity index is 61.2. The molecule has 0 aliphatic heterocycles. The topological polar surface area (TPSA) is 17.1 Å². The summed E-state index contributed by atoms with van der Waals surface area (Å²) >= 11 is 4.71. The smallest absolute Gasteiger partial charge is 1.00 e. The maximum Gasteiger partial charge on any atom is 1.00 e. The van der Waals surface area contributed by atoms with Gasteiger partial charge in [0, 0.05) is 0 Å². The summed E-state index contributed by atoms with van der Waals surface area (Å²) in [7, 11) is 0. The maximum absolute atomic E-state index is 9.87. The molecule has 0 aliphatic carbocycles. The third-order valence-electron chi connectivity index (χ3n) is 0.268. The van der Waals surface area contributed by atoms with Crippen molar-refractivity contribution in [1.82, 2.24) is 0 Å². The molecule has 1 nitrogen and oxygen atoms in total. The Morgan fingerprint density at radius 1 is 2.00 bits per heavy atom. The van der Waals surface area contributed by atoms with Crippen LogP contribution in [0, 0.1) is 0 Å². The predicted octanol–water partition coefficient (Wildman–Crippen LogP) is -1.09. The first-order valence-corrected chi connectivity index (χ1v) is 3.06. The molecule has 0 N–H and O–H groups in total. The Hall–Kier alpha value is 2.01. The fourth-order valence-corrected chi connectivity index (χ4v) is 0.758. The van der Waals surface area contributed by atoms with E-state index < -0.39 is 0 Å². The molecule has 0 aromatic carbocycles. The van der Waals surface area contributed by atoms with Gasteiger partial charge in [-0.15, -0.1) is 0 Å². The van der Waals surface area contributed by atoms with Crippen molar-refractivity contribution in [3.8, 4) is 0 Å². The van der Waals surface area contributed by atoms with Gasteiger partial charge in [-0.05, 0) is 5.75 Å². The Morgan fingerprint density at radius 3 is 2.43 bits per heavy atom. The molecule has 0 aromatic heterocycles. The van der Waals surface area contributed by atoms with E-state index in [2.05, 4.69) is 12.6 Å². The number of hydrogen-bond donors (Lipinski definition) is 1. The molecule has 38 valence electrons. The van der Waals surface area contributed by atoms with Gasteiger partial charge >= 0.3 is 51.4 Å². The van der Waals surface area contributed by atoms with Gasteiger partial charge < -0.3 is 1.43 Å². The van der Waals surface area contributed by atoms with E-state index in [1.807, 2.05) is 6.92 Å². The molecule has 4 heteroatoms. The van der Waals surface area contributed by atoms with Crippen molar-refractivity contribution in [3.63, 3.8) is 0 Å². The van der Waals surface area contributed by atoms with E-state index in [-0.39, 0.29) is 57.3 Å². The van der Waals surface area contributed by atoms with Crippen molar-refractivity contribution in [2.75, 3.05) is 5.75 Å². The molecule has 0 heterocycles. The summed E-state index contributed by atoms with van der Waals surface area (Å²) in [6, 6.07) is 0. The molecule has 0 aliphatic rings. The second-order valence-corrected chi connectivity index (χ2v) is 2.64. The van der Waals surface area contributed by atoms with Gasteiger partial charge in [0.2, 0.25) is 4.45 Å². The summed E-state index contributed by atoms with van der Waals surface area (Å²) in [6.45, 7) is 1.92. The zero-order valence-corrected chi connectivity index (χ0v) is 9.30. The minimum Gasteiger partial charge on any atom is -1.00 e. The number of rotatable bonds is 1. The number of thiol groups is 1. The van der Waals surface area contributed by atoms with Gasteiger partial charge in [0.05, 0.1) is 0 Å². The number of hydrogen-bond acceptors (Lipinski definition) is 2. The first kappa shape index (κ1) is 11.8. The van der Waals surface area contributed by atoms with Gasteiger partial charge in [-0.3, -0.25) is 4.79 Å². The minimum absolute atomic E-state index is 0. The SMILES string of the molecule is CCSC(=O)S.[H-].[K+]. The summed E-state index contributed by atoms with van der Waals surface area (Å²) in [5, 5.41) is 0. The summed E-state index contributed by atoms with van der Waals surface area (Å²) in [5.41, 5.74) is 0. The van der Waals surface area contributed by atoms with E-state index in [1.54, 1.807) is 0 Å². The zero-order valence-electron chi connectivity index (χ0n) is 5.47. The molecule has 0 spiro atoms. The molecule has 0 radical (unpaired) electrons. The molecule has 0 rings (SSSR count). The number of carbonyl (C=O) groups excluding carboxylic acids is 1. The summed E-state index contributed by atoms with van der Waals surface area (Å²) in [4.78, 5) is 9.87. The fraction of sp³-hybridized carbons (Fsp3) is 0.667. The van der Waals surface area contributed by atoms with Gasteiger partial charge in [0.25, 0.3) is 0 Å². The van der Waals surface area contributed by atoms with Crippen LogP contribution in [0.2, 0.25) is 0 Å². The number of thioether (sulfide) groups is 1. The molecule has 0 bridgehead atoms. The van der Waals surface area contributed by atoms with Crippen LogP contribution in [0.15, 0.2) is 0 Å². The summed E-state index contributed by atoms with van der Waals surface area (Å²) in [6.07, 6.45) is 0. The Kier molecular flexibility index (Phi) is 13.5. The van der Waals surface area contributed by atoms with E-state index in [4.69, 9.17) is 0 Å². The van der Waals surface area contributed by atoms with Crippen LogP contribution in [0.25, 0.3) is 0 Å². The van der Waals surface area contributed by atoms with Crippen molar-refractivity contribution in [2.45, 2.75) is 6.92 Å². The quantitative estimate of drug-likeness (QED) is 0.390. The van der Waals surface area contributed by atoms with Crippen LogP contribution >= 0.6 is 24.4 Å². The molecular formula is C3H7KOS2. The monoisotopic (exact) mass is 162 g/mol. The van der Waals surface area contributed by atoms with Gasteiger partial charge in [0.1, 0.15) is 0 Å². The second-order valence-electron chi connectivity index (χ2n) is 0.699. The normalized spacial score (nSPS) is 7.14. The zero-order chi connectivity index (χ0) is 4.99. The third kappa shape index (κ3) is 11.5. The van der Waals surface area contributed by atoms with E-state index >= 15 is 0 Å². The van der Waals surface area contributed by atoms with Crippen LogP contribution in [0.3, 0.4) is 0 Å². The largest absolute Gasteiger partial charge is 1.00 e. The first-order valence-electron chi connectivity index (χ1n) is 1.63. The minimum atomic E-state index is -0.0995. The molecule has 0 fully saturated rings. The standard InChI is InChI=1S/C3H6OS2.K.H/c1-2-6-3(4)5;;/h2H2,1H3,(H,4,5);;/q;+1;-1. The van der Waals surface area contributed by atoms with Crippen molar-refractivity contribution in [1.29, 1.82) is 0 Å². The second kappa shape index (κ2) is 8.01. The first-order chi connectivity index (χ1) is 2.77. The van der Waals surface area contributed by atoms with Gasteiger partial charge in [0.15, 0.2) is 0 Å². The Balaban J connectivity index is -0.000000125. The molecule has 0 unspecified atom stereocenters. The van der Waals surface area contributed by atoms with Gasteiger partial charge in [-0.25, -0.2) is 0 Å². The van der Waals surface area contributed by atoms with E-state index in [1.165, 1.54) is 11.8 Å². The van der Waals surface area contributed by atoms with E-state index in [9.17, 15) is 4.79 Å². The molecular weight excluding hydrogens is 155 g/mol. The Morgan fingerprint density at radius 2 is 2.43 bits per heavy atom. The number of carbonyl (C=O) groups is 1. The van der Waals surface area contributed by atoms with Crippen LogP contribution in [-0.2, 0) is 0 Å². The third-order valence-corrected chi connectivity index (χ3v) is 1.19. The molecule has 0 saturated heterocycles. The summed E-state index contributed by atoms with van der Waals surface area (Å²) in [5.74, 6) is 0.822. The van der Waals surface area contributed by atoms with Crippen molar-refractivity contribution < 1.29 is 57.6 Å². The van der Waals surface area contributed by atoms with Gasteiger partial charge in [-0.2, -0.15) is 0 Å². The average molecular weight is 162 g/mol. The Labute approximate surface area is 97.3 Å². The van der Waals surface area contributed by atoms with Crippen LogP contribution in [0.1, 0.15) is 8.35 Å². The molecule has 7 heavy (non-hydrogen) atoms. The van der Waals surface area contributed by atoms with Gasteiger partial charge in [-0.1, -0.05) is 31.3 Å². The molecule has 0 aromatic rings. The van der Waals surface area contributed by atoms with Crippen LogP contribution in [0.5, 0.6) is 0 Å². The predicted molar refractivity (Wildman–Crippen MR) is 33.6 cm³/mol. The molecule has 0 atom stereocenters. The average Bonchev–Trinajstić information content (AvgIpc) is 1.35. The fourth-order valence-electron chi connectivity index (χ4n) is 0.123. The van der Waals surface area contributed by atoms with Crippen molar-refractivity contribution in [3.05, 3.63) is 0 Å². The van der Waals surface area contributed by atoms with E-state index in [0.29, 0.717) is 0 Å². The molecule has 0 saturated carbocycles. The van der Waals surface area contributed by atoms with Crippen LogP contribution < -0.4 is 51.4 Å². The summed E-state index contributed by atoms with van der Waals surface area (Å²) < 4.78 is -0.0995. The molecule has 0 amide bonds. The van der Waals surface area contributed by atoms with Crippen LogP contribution in [-0.4, -0.2) is 10.2 Å². The van der Waals surface area contributed by atoms with Crippen molar-refractivity contribution >= 4 is 28.8 Å².